The van der Waals surface area contributed by atoms with E-state index in [0.29, 0.717) is 18.9 Å². The molecule has 4 aromatic rings. The molecule has 204 valence electrons. The predicted octanol–water partition coefficient (Wildman–Crippen LogP) is 5.27. The maximum atomic E-state index is 11.3. The predicted molar refractivity (Wildman–Crippen MR) is 156 cm³/mol. The van der Waals surface area contributed by atoms with Crippen molar-refractivity contribution in [2.24, 2.45) is 0 Å². The number of aromatic amines is 1. The highest BCUT2D eigenvalue weighted by molar-refractivity contribution is 6.30. The van der Waals surface area contributed by atoms with Crippen molar-refractivity contribution >= 4 is 34.4 Å². The first kappa shape index (κ1) is 27.1. The van der Waals surface area contributed by atoms with E-state index in [4.69, 9.17) is 26.3 Å². The smallest absolute Gasteiger partial charge is 0.216 e. The number of hydrogen-bond donors (Lipinski definition) is 4. The van der Waals surface area contributed by atoms with Crippen LogP contribution < -0.4 is 16.0 Å². The molecule has 2 aromatic heterocycles. The largest absolute Gasteiger partial charge is 0.369 e. The molecule has 0 radical (unpaired) electrons. The molecule has 1 amide bonds. The van der Waals surface area contributed by atoms with Crippen molar-refractivity contribution in [1.82, 2.24) is 25.6 Å². The lowest BCUT2D eigenvalue weighted by Crippen LogP contribution is -2.33. The van der Waals surface area contributed by atoms with Gasteiger partial charge in [-0.05, 0) is 62.5 Å². The zero-order valence-corrected chi connectivity index (χ0v) is 22.9. The summed E-state index contributed by atoms with van der Waals surface area (Å²) in [4.78, 5) is 24.6. The van der Waals surface area contributed by atoms with Crippen molar-refractivity contribution in [3.63, 3.8) is 0 Å². The van der Waals surface area contributed by atoms with E-state index in [9.17, 15) is 4.79 Å². The van der Waals surface area contributed by atoms with Crippen LogP contribution in [0.4, 0.5) is 5.82 Å². The van der Waals surface area contributed by atoms with Crippen LogP contribution in [0.5, 0.6) is 0 Å². The monoisotopic (exact) mass is 546 g/mol. The second-order valence-electron chi connectivity index (χ2n) is 9.90. The molecule has 5 rings (SSSR count). The molecule has 0 bridgehead atoms. The fourth-order valence-corrected chi connectivity index (χ4v) is 5.01. The molecule has 1 fully saturated rings. The Morgan fingerprint density at radius 3 is 2.59 bits per heavy atom. The number of aryl methyl sites for hydroxylation is 1. The summed E-state index contributed by atoms with van der Waals surface area (Å²) < 4.78 is 6.72. The quantitative estimate of drug-likeness (QED) is 0.191. The third-order valence-corrected chi connectivity index (χ3v) is 7.18. The fraction of sp³-hybridized carbons (Fsp3) is 0.367. The van der Waals surface area contributed by atoms with E-state index in [1.165, 1.54) is 12.5 Å². The van der Waals surface area contributed by atoms with Crippen LogP contribution in [0.2, 0.25) is 5.02 Å². The number of hydrogen-bond acceptors (Lipinski definition) is 6. The van der Waals surface area contributed by atoms with Crippen molar-refractivity contribution < 1.29 is 9.53 Å². The zero-order chi connectivity index (χ0) is 27.0. The highest BCUT2D eigenvalue weighted by atomic mass is 35.5. The standard InChI is InChI=1S/C30H35ClN6O2/c1-20(38)33-17-18-34-29-25-19-26(35-30(25)37-28(36-29)22-5-3-2-4-6-22)27(39-24-13-15-32-16-14-24)12-9-21-7-10-23(31)11-8-21/h2-8,10-11,19,24,27,32H,9,12-18H2,1H3,(H,33,38)(H2,34,35,36,37). The van der Waals surface area contributed by atoms with E-state index in [0.717, 1.165) is 71.9 Å². The number of rotatable bonds is 11. The van der Waals surface area contributed by atoms with Gasteiger partial charge in [-0.25, -0.2) is 9.97 Å². The van der Waals surface area contributed by atoms with E-state index < -0.39 is 0 Å². The van der Waals surface area contributed by atoms with Crippen molar-refractivity contribution in [1.29, 1.82) is 0 Å². The Balaban J connectivity index is 1.45. The van der Waals surface area contributed by atoms with Crippen LogP contribution in [0.25, 0.3) is 22.4 Å². The van der Waals surface area contributed by atoms with Crippen LogP contribution in [0.1, 0.15) is 43.5 Å². The Morgan fingerprint density at radius 1 is 1.08 bits per heavy atom. The van der Waals surface area contributed by atoms with E-state index in [2.05, 4.69) is 39.1 Å². The van der Waals surface area contributed by atoms with Gasteiger partial charge in [0.1, 0.15) is 11.5 Å². The summed E-state index contributed by atoms with van der Waals surface area (Å²) in [7, 11) is 0. The molecule has 1 aliphatic heterocycles. The van der Waals surface area contributed by atoms with Gasteiger partial charge in [-0.2, -0.15) is 0 Å². The average Bonchev–Trinajstić information content (AvgIpc) is 3.39. The fourth-order valence-electron chi connectivity index (χ4n) is 4.88. The molecule has 9 heteroatoms. The van der Waals surface area contributed by atoms with Crippen LogP contribution in [0.3, 0.4) is 0 Å². The molecule has 3 heterocycles. The van der Waals surface area contributed by atoms with Crippen LogP contribution in [-0.4, -0.2) is 53.1 Å². The number of piperidine rings is 1. The molecule has 1 atom stereocenters. The molecule has 0 spiro atoms. The lowest BCUT2D eigenvalue weighted by atomic mass is 10.0. The summed E-state index contributed by atoms with van der Waals surface area (Å²) in [5, 5.41) is 11.3. The molecule has 1 unspecified atom stereocenters. The number of nitrogens with one attached hydrogen (secondary N) is 4. The number of carbonyl (C=O) groups excluding carboxylic acids is 1. The van der Waals surface area contributed by atoms with Gasteiger partial charge in [-0.1, -0.05) is 54.1 Å². The minimum atomic E-state index is -0.120. The number of carbonyl (C=O) groups is 1. The molecule has 0 aliphatic carbocycles. The third kappa shape index (κ3) is 7.35. The Kier molecular flexibility index (Phi) is 9.08. The molecule has 2 aromatic carbocycles. The summed E-state index contributed by atoms with van der Waals surface area (Å²) in [6.07, 6.45) is 3.75. The van der Waals surface area contributed by atoms with Crippen LogP contribution in [0.15, 0.2) is 60.7 Å². The lowest BCUT2D eigenvalue weighted by molar-refractivity contribution is -0.118. The van der Waals surface area contributed by atoms with Gasteiger partial charge in [0.05, 0.1) is 17.6 Å². The SMILES string of the molecule is CC(=O)NCCNc1nc(-c2ccccc2)nc2[nH]c(C(CCc3ccc(Cl)cc3)OC3CCNCC3)cc12. The van der Waals surface area contributed by atoms with Crippen LogP contribution >= 0.6 is 11.6 Å². The highest BCUT2D eigenvalue weighted by Gasteiger charge is 2.23. The van der Waals surface area contributed by atoms with Gasteiger partial charge in [0.25, 0.3) is 0 Å². The number of benzene rings is 2. The zero-order valence-electron chi connectivity index (χ0n) is 22.2. The first-order chi connectivity index (χ1) is 19.0. The summed E-state index contributed by atoms with van der Waals surface area (Å²) in [5.41, 5.74) is 3.90. The molecular formula is C30H35ClN6O2. The minimum absolute atomic E-state index is 0.0582. The number of nitrogens with zero attached hydrogens (tertiary/aromatic N) is 2. The Bertz CT molecular complexity index is 1370. The van der Waals surface area contributed by atoms with E-state index in [-0.39, 0.29) is 18.1 Å². The number of anilines is 1. The number of H-pyrrole nitrogens is 1. The normalized spacial score (nSPS) is 14.8. The first-order valence-electron chi connectivity index (χ1n) is 13.6. The maximum absolute atomic E-state index is 11.3. The average molecular weight is 547 g/mol. The Labute approximate surface area is 233 Å². The molecule has 0 saturated carbocycles. The second kappa shape index (κ2) is 13.1. The van der Waals surface area contributed by atoms with Crippen molar-refractivity contribution in [2.45, 2.75) is 44.8 Å². The van der Waals surface area contributed by atoms with Gasteiger partial charge in [0.2, 0.25) is 5.91 Å². The number of halogens is 1. The molecule has 4 N–H and O–H groups in total. The van der Waals surface area contributed by atoms with Crippen molar-refractivity contribution in [3.05, 3.63) is 76.9 Å². The van der Waals surface area contributed by atoms with E-state index >= 15 is 0 Å². The highest BCUT2D eigenvalue weighted by Crippen LogP contribution is 2.32. The molecule has 8 nitrogen and oxygen atoms in total. The molecule has 1 aliphatic rings. The van der Waals surface area contributed by atoms with Crippen LogP contribution in [0, 0.1) is 0 Å². The molecule has 39 heavy (non-hydrogen) atoms. The topological polar surface area (TPSA) is 104 Å². The van der Waals surface area contributed by atoms with Crippen molar-refractivity contribution in [3.8, 4) is 11.4 Å². The third-order valence-electron chi connectivity index (χ3n) is 6.93. The van der Waals surface area contributed by atoms with Crippen LogP contribution in [-0.2, 0) is 16.0 Å². The summed E-state index contributed by atoms with van der Waals surface area (Å²) in [6, 6.07) is 20.1. The van der Waals surface area contributed by atoms with Gasteiger partial charge in [0, 0.05) is 36.3 Å². The van der Waals surface area contributed by atoms with E-state index in [1.807, 2.05) is 42.5 Å². The van der Waals surface area contributed by atoms with Gasteiger partial charge < -0.3 is 25.7 Å². The van der Waals surface area contributed by atoms with Gasteiger partial charge in [0.15, 0.2) is 5.82 Å². The Hall–Kier alpha value is -3.46. The maximum Gasteiger partial charge on any atom is 0.216 e. The molecular weight excluding hydrogens is 512 g/mol. The van der Waals surface area contributed by atoms with E-state index in [1.54, 1.807) is 0 Å². The van der Waals surface area contributed by atoms with Gasteiger partial charge >= 0.3 is 0 Å². The summed E-state index contributed by atoms with van der Waals surface area (Å²) in [5.74, 6) is 1.30. The second-order valence-corrected chi connectivity index (χ2v) is 10.3. The molecule has 1 saturated heterocycles. The summed E-state index contributed by atoms with van der Waals surface area (Å²) in [6.45, 7) is 4.50. The number of amides is 1. The number of fused-ring (bicyclic) bond motifs is 1. The first-order valence-corrected chi connectivity index (χ1v) is 14.0. The lowest BCUT2D eigenvalue weighted by Gasteiger charge is -2.28. The van der Waals surface area contributed by atoms with Gasteiger partial charge in [-0.3, -0.25) is 4.79 Å². The number of ether oxygens (including phenoxy) is 1. The van der Waals surface area contributed by atoms with Crippen molar-refractivity contribution in [2.75, 3.05) is 31.5 Å². The number of aromatic nitrogens is 3. The van der Waals surface area contributed by atoms with Gasteiger partial charge in [-0.15, -0.1) is 0 Å². The Morgan fingerprint density at radius 2 is 1.85 bits per heavy atom. The summed E-state index contributed by atoms with van der Waals surface area (Å²) >= 11 is 6.10. The minimum Gasteiger partial charge on any atom is -0.369 e.